The molecule has 1 aliphatic carbocycles. The number of carbonyl (C=O) groups is 1. The van der Waals surface area contributed by atoms with Gasteiger partial charge in [0.2, 0.25) is 15.9 Å². The van der Waals surface area contributed by atoms with Crippen molar-refractivity contribution < 1.29 is 17.9 Å². The number of amides is 1. The van der Waals surface area contributed by atoms with Crippen LogP contribution in [-0.2, 0) is 19.6 Å². The molecule has 0 heterocycles. The Hall–Kier alpha value is -1.48. The number of benzene rings is 1. The van der Waals surface area contributed by atoms with Crippen molar-refractivity contribution in [2.75, 3.05) is 25.0 Å². The van der Waals surface area contributed by atoms with Gasteiger partial charge in [0.05, 0.1) is 16.9 Å². The number of nitrogens with one attached hydrogen (secondary N) is 2. The van der Waals surface area contributed by atoms with E-state index in [1.54, 1.807) is 12.1 Å². The Bertz CT molecular complexity index is 633. The van der Waals surface area contributed by atoms with Crippen LogP contribution in [0.25, 0.3) is 0 Å². The van der Waals surface area contributed by atoms with E-state index in [1.807, 2.05) is 6.92 Å². The number of nitrogens with two attached hydrogens (primary N) is 1. The predicted octanol–water partition coefficient (Wildman–Crippen LogP) is 0.287. The normalized spacial score (nSPS) is 20.6. The maximum atomic E-state index is 12.0. The zero-order valence-corrected chi connectivity index (χ0v) is 13.2. The number of anilines is 1. The molecule has 1 aliphatic rings. The molecule has 2 atom stereocenters. The number of sulfonamides is 1. The van der Waals surface area contributed by atoms with Gasteiger partial charge in [0.25, 0.3) is 0 Å². The third kappa shape index (κ3) is 4.26. The van der Waals surface area contributed by atoms with Crippen molar-refractivity contribution in [3.63, 3.8) is 0 Å². The molecule has 0 radical (unpaired) electrons. The lowest BCUT2D eigenvalue weighted by molar-refractivity contribution is -0.118. The van der Waals surface area contributed by atoms with Crippen LogP contribution in [0.4, 0.5) is 5.69 Å². The molecule has 1 amide bonds. The number of carbonyl (C=O) groups excluding carboxylic acids is 1. The van der Waals surface area contributed by atoms with Gasteiger partial charge in [-0.25, -0.2) is 13.1 Å². The van der Waals surface area contributed by atoms with E-state index in [-0.39, 0.29) is 35.9 Å². The van der Waals surface area contributed by atoms with Gasteiger partial charge in [0.15, 0.2) is 0 Å². The van der Waals surface area contributed by atoms with Crippen molar-refractivity contribution in [3.05, 3.63) is 24.3 Å². The van der Waals surface area contributed by atoms with Gasteiger partial charge in [-0.05, 0) is 31.5 Å². The molecule has 1 aromatic rings. The van der Waals surface area contributed by atoms with Crippen LogP contribution < -0.4 is 15.8 Å². The summed E-state index contributed by atoms with van der Waals surface area (Å²) in [5, 5.41) is 2.72. The summed E-state index contributed by atoms with van der Waals surface area (Å²) in [6, 6.07) is 6.13. The molecule has 7 nitrogen and oxygen atoms in total. The summed E-state index contributed by atoms with van der Waals surface area (Å²) in [5.74, 6) is -0.307. The van der Waals surface area contributed by atoms with Gasteiger partial charge in [-0.15, -0.1) is 0 Å². The molecule has 0 saturated heterocycles. The van der Waals surface area contributed by atoms with E-state index < -0.39 is 10.0 Å². The third-order valence-corrected chi connectivity index (χ3v) is 4.76. The molecule has 1 saturated carbocycles. The number of rotatable bonds is 8. The highest BCUT2D eigenvalue weighted by molar-refractivity contribution is 7.89. The van der Waals surface area contributed by atoms with Gasteiger partial charge in [-0.1, -0.05) is 6.07 Å². The molecule has 0 aliphatic heterocycles. The van der Waals surface area contributed by atoms with Crippen LogP contribution >= 0.6 is 0 Å². The van der Waals surface area contributed by atoms with Crippen molar-refractivity contribution in [1.82, 2.24) is 4.72 Å². The van der Waals surface area contributed by atoms with Crippen LogP contribution in [0.3, 0.4) is 0 Å². The Kier molecular flexibility index (Phi) is 5.52. The van der Waals surface area contributed by atoms with Gasteiger partial charge in [0.1, 0.15) is 0 Å². The molecule has 1 aromatic carbocycles. The van der Waals surface area contributed by atoms with Crippen LogP contribution in [0.2, 0.25) is 0 Å². The lowest BCUT2D eigenvalue weighted by Gasteiger charge is -2.09. The Morgan fingerprint density at radius 1 is 1.45 bits per heavy atom. The molecule has 0 aromatic heterocycles. The zero-order chi connectivity index (χ0) is 16.2. The van der Waals surface area contributed by atoms with Crippen molar-refractivity contribution in [2.24, 2.45) is 11.7 Å². The van der Waals surface area contributed by atoms with Gasteiger partial charge in [0, 0.05) is 25.4 Å². The number of ether oxygens (including phenoxy) is 1. The molecule has 2 unspecified atom stereocenters. The van der Waals surface area contributed by atoms with E-state index in [0.29, 0.717) is 18.7 Å². The van der Waals surface area contributed by atoms with E-state index in [0.717, 1.165) is 0 Å². The maximum Gasteiger partial charge on any atom is 0.240 e. The fourth-order valence-electron chi connectivity index (χ4n) is 2.10. The van der Waals surface area contributed by atoms with Crippen LogP contribution in [0.5, 0.6) is 0 Å². The van der Waals surface area contributed by atoms with Crippen molar-refractivity contribution >= 4 is 21.6 Å². The lowest BCUT2D eigenvalue weighted by atomic mass is 10.3. The summed E-state index contributed by atoms with van der Waals surface area (Å²) in [4.78, 5) is 12.1. The molecular formula is C14H21N3O4S. The summed E-state index contributed by atoms with van der Waals surface area (Å²) in [5.41, 5.74) is 5.74. The Balaban J connectivity index is 2.01. The molecule has 122 valence electrons. The molecule has 8 heteroatoms. The highest BCUT2D eigenvalue weighted by Gasteiger charge is 2.43. The van der Waals surface area contributed by atoms with E-state index in [4.69, 9.17) is 10.5 Å². The number of hydrogen-bond donors (Lipinski definition) is 3. The summed E-state index contributed by atoms with van der Waals surface area (Å²) in [7, 11) is -3.61. The van der Waals surface area contributed by atoms with Crippen LogP contribution in [0, 0.1) is 5.92 Å². The van der Waals surface area contributed by atoms with Crippen molar-refractivity contribution in [3.8, 4) is 0 Å². The van der Waals surface area contributed by atoms with E-state index >= 15 is 0 Å². The van der Waals surface area contributed by atoms with E-state index in [2.05, 4.69) is 10.0 Å². The highest BCUT2D eigenvalue weighted by Crippen LogP contribution is 2.34. The maximum absolute atomic E-state index is 12.0. The fourth-order valence-corrected chi connectivity index (χ4v) is 3.19. The first-order chi connectivity index (χ1) is 10.5. The average Bonchev–Trinajstić information content (AvgIpc) is 3.25. The Morgan fingerprint density at radius 2 is 2.23 bits per heavy atom. The predicted molar refractivity (Wildman–Crippen MR) is 82.8 cm³/mol. The summed E-state index contributed by atoms with van der Waals surface area (Å²) in [6.07, 6.45) is 0.679. The third-order valence-electron chi connectivity index (χ3n) is 3.30. The minimum Gasteiger partial charge on any atom is -0.378 e. The quantitative estimate of drug-likeness (QED) is 0.635. The van der Waals surface area contributed by atoms with E-state index in [1.165, 1.54) is 12.1 Å². The van der Waals surface area contributed by atoms with Gasteiger partial charge < -0.3 is 15.8 Å². The standard InChI is InChI=1S/C14H21N3O4S/c1-2-21-13-9-12(13)14(18)17-10-4-3-5-11(8-10)22(19,20)16-7-6-15/h3-5,8,12-13,16H,2,6-7,9,15H2,1H3,(H,17,18). The monoisotopic (exact) mass is 327 g/mol. The molecular weight excluding hydrogens is 306 g/mol. The molecule has 4 N–H and O–H groups in total. The smallest absolute Gasteiger partial charge is 0.240 e. The number of hydrogen-bond acceptors (Lipinski definition) is 5. The fraction of sp³-hybridized carbons (Fsp3) is 0.500. The largest absolute Gasteiger partial charge is 0.378 e. The van der Waals surface area contributed by atoms with Gasteiger partial charge in [-0.2, -0.15) is 0 Å². The van der Waals surface area contributed by atoms with Gasteiger partial charge in [-0.3, -0.25) is 4.79 Å². The minimum atomic E-state index is -3.61. The first kappa shape index (κ1) is 16.9. The molecule has 1 fully saturated rings. The van der Waals surface area contributed by atoms with Crippen LogP contribution in [-0.4, -0.2) is 40.1 Å². The summed E-state index contributed by atoms with van der Waals surface area (Å²) < 4.78 is 31.8. The summed E-state index contributed by atoms with van der Waals surface area (Å²) in [6.45, 7) is 2.85. The topological polar surface area (TPSA) is 111 Å². The second-order valence-electron chi connectivity index (χ2n) is 5.04. The van der Waals surface area contributed by atoms with Crippen molar-refractivity contribution in [2.45, 2.75) is 24.3 Å². The lowest BCUT2D eigenvalue weighted by Crippen LogP contribution is -2.29. The molecule has 22 heavy (non-hydrogen) atoms. The first-order valence-corrected chi connectivity index (χ1v) is 8.68. The molecule has 0 bridgehead atoms. The molecule has 2 rings (SSSR count). The van der Waals surface area contributed by atoms with Crippen LogP contribution in [0.15, 0.2) is 29.2 Å². The van der Waals surface area contributed by atoms with E-state index in [9.17, 15) is 13.2 Å². The second-order valence-corrected chi connectivity index (χ2v) is 6.81. The summed E-state index contributed by atoms with van der Waals surface area (Å²) >= 11 is 0. The Labute approximate surface area is 130 Å². The highest BCUT2D eigenvalue weighted by atomic mass is 32.2. The first-order valence-electron chi connectivity index (χ1n) is 7.20. The van der Waals surface area contributed by atoms with Crippen molar-refractivity contribution in [1.29, 1.82) is 0 Å². The van der Waals surface area contributed by atoms with Crippen LogP contribution in [0.1, 0.15) is 13.3 Å². The average molecular weight is 327 g/mol. The van der Waals surface area contributed by atoms with Gasteiger partial charge >= 0.3 is 0 Å². The molecule has 0 spiro atoms. The zero-order valence-electron chi connectivity index (χ0n) is 12.4. The SMILES string of the molecule is CCOC1CC1C(=O)Nc1cccc(S(=O)(=O)NCCN)c1. The second kappa shape index (κ2) is 7.19. The minimum absolute atomic E-state index is 0.0249. The Morgan fingerprint density at radius 3 is 2.91 bits per heavy atom.